The normalized spacial score (nSPS) is 14.8. The van der Waals surface area contributed by atoms with E-state index in [4.69, 9.17) is 11.6 Å². The molecule has 1 amide bonds. The first-order valence-corrected chi connectivity index (χ1v) is 8.72. The van der Waals surface area contributed by atoms with Gasteiger partial charge in [0.1, 0.15) is 0 Å². The fourth-order valence-corrected chi connectivity index (χ4v) is 3.83. The van der Waals surface area contributed by atoms with E-state index in [-0.39, 0.29) is 5.91 Å². The average Bonchev–Trinajstić information content (AvgIpc) is 2.54. The first kappa shape index (κ1) is 16.8. The molecule has 2 aromatic rings. The van der Waals surface area contributed by atoms with E-state index in [2.05, 4.69) is 37.8 Å². The Kier molecular flexibility index (Phi) is 4.81. The largest absolute Gasteiger partial charge is 0.368 e. The Bertz CT molecular complexity index is 741. The number of amides is 1. The van der Waals surface area contributed by atoms with Gasteiger partial charge in [0, 0.05) is 31.9 Å². The van der Waals surface area contributed by atoms with Crippen LogP contribution in [-0.2, 0) is 0 Å². The van der Waals surface area contributed by atoms with Crippen LogP contribution in [0.15, 0.2) is 36.4 Å². The number of benzene rings is 2. The van der Waals surface area contributed by atoms with Gasteiger partial charge in [-0.15, -0.1) is 0 Å². The Labute approximate surface area is 148 Å². The number of halogens is 1. The summed E-state index contributed by atoms with van der Waals surface area (Å²) in [5.74, 6) is 0.0256. The second kappa shape index (κ2) is 6.86. The lowest BCUT2D eigenvalue weighted by Gasteiger charge is -2.37. The number of carbonyl (C=O) groups is 1. The molecule has 1 heterocycles. The van der Waals surface area contributed by atoms with Crippen molar-refractivity contribution >= 4 is 23.2 Å². The summed E-state index contributed by atoms with van der Waals surface area (Å²) in [4.78, 5) is 17.0. The van der Waals surface area contributed by atoms with Crippen LogP contribution < -0.4 is 4.90 Å². The predicted molar refractivity (Wildman–Crippen MR) is 100 cm³/mol. The molecular formula is C20H23ClN2O. The molecule has 0 saturated carbocycles. The fourth-order valence-electron chi connectivity index (χ4n) is 3.61. The number of anilines is 1. The van der Waals surface area contributed by atoms with Gasteiger partial charge in [0.25, 0.3) is 5.91 Å². The van der Waals surface area contributed by atoms with Crippen LogP contribution in [0, 0.1) is 20.8 Å². The molecule has 1 aliphatic rings. The van der Waals surface area contributed by atoms with Gasteiger partial charge < -0.3 is 9.80 Å². The second-order valence-corrected chi connectivity index (χ2v) is 6.91. The third-order valence-corrected chi connectivity index (χ3v) is 4.95. The van der Waals surface area contributed by atoms with Gasteiger partial charge in [0.05, 0.1) is 10.6 Å². The lowest BCUT2D eigenvalue weighted by molar-refractivity contribution is 0.0747. The smallest absolute Gasteiger partial charge is 0.255 e. The van der Waals surface area contributed by atoms with E-state index in [0.29, 0.717) is 10.6 Å². The minimum absolute atomic E-state index is 0.0256. The van der Waals surface area contributed by atoms with Crippen molar-refractivity contribution in [3.63, 3.8) is 0 Å². The summed E-state index contributed by atoms with van der Waals surface area (Å²) in [6.45, 7) is 9.59. The lowest BCUT2D eigenvalue weighted by atomic mass is 10.0. The SMILES string of the molecule is Cc1cc(C)c(N2CCN(C(=O)c3ccccc3Cl)CC2)c(C)c1. The van der Waals surface area contributed by atoms with Gasteiger partial charge in [-0.2, -0.15) is 0 Å². The molecule has 4 heteroatoms. The van der Waals surface area contributed by atoms with Gasteiger partial charge in [-0.3, -0.25) is 4.79 Å². The maximum Gasteiger partial charge on any atom is 0.255 e. The number of nitrogens with zero attached hydrogens (tertiary/aromatic N) is 2. The van der Waals surface area contributed by atoms with Gasteiger partial charge in [0.2, 0.25) is 0 Å². The molecule has 126 valence electrons. The minimum Gasteiger partial charge on any atom is -0.368 e. The van der Waals surface area contributed by atoms with Crippen molar-refractivity contribution in [2.24, 2.45) is 0 Å². The Hall–Kier alpha value is -2.00. The molecule has 2 aromatic carbocycles. The summed E-state index contributed by atoms with van der Waals surface area (Å²) >= 11 is 6.16. The zero-order chi connectivity index (χ0) is 17.3. The highest BCUT2D eigenvalue weighted by Gasteiger charge is 2.24. The molecule has 0 unspecified atom stereocenters. The molecule has 0 spiro atoms. The van der Waals surface area contributed by atoms with Gasteiger partial charge in [-0.25, -0.2) is 0 Å². The van der Waals surface area contributed by atoms with Crippen LogP contribution in [0.1, 0.15) is 27.0 Å². The van der Waals surface area contributed by atoms with E-state index in [0.717, 1.165) is 26.2 Å². The number of carbonyl (C=O) groups excluding carboxylic acids is 1. The van der Waals surface area contributed by atoms with Crippen molar-refractivity contribution in [2.75, 3.05) is 31.1 Å². The summed E-state index contributed by atoms with van der Waals surface area (Å²) in [5.41, 5.74) is 5.80. The zero-order valence-electron chi connectivity index (χ0n) is 14.5. The van der Waals surface area contributed by atoms with Crippen LogP contribution in [0.2, 0.25) is 5.02 Å². The van der Waals surface area contributed by atoms with Crippen molar-refractivity contribution in [3.05, 3.63) is 63.7 Å². The van der Waals surface area contributed by atoms with Gasteiger partial charge in [-0.1, -0.05) is 41.4 Å². The average molecular weight is 343 g/mol. The summed E-state index contributed by atoms with van der Waals surface area (Å²) in [5, 5.41) is 0.523. The van der Waals surface area contributed by atoms with Crippen LogP contribution >= 0.6 is 11.6 Å². The van der Waals surface area contributed by atoms with Crippen LogP contribution in [0.25, 0.3) is 0 Å². The highest BCUT2D eigenvalue weighted by atomic mass is 35.5. The zero-order valence-corrected chi connectivity index (χ0v) is 15.2. The van der Waals surface area contributed by atoms with Crippen molar-refractivity contribution < 1.29 is 4.79 Å². The van der Waals surface area contributed by atoms with E-state index in [1.807, 2.05) is 17.0 Å². The number of aryl methyl sites for hydroxylation is 3. The molecule has 1 aliphatic heterocycles. The predicted octanol–water partition coefficient (Wildman–Crippen LogP) is 4.23. The molecule has 3 rings (SSSR count). The summed E-state index contributed by atoms with van der Waals surface area (Å²) in [6.07, 6.45) is 0. The number of hydrogen-bond acceptors (Lipinski definition) is 2. The molecular weight excluding hydrogens is 320 g/mol. The molecule has 0 aliphatic carbocycles. The van der Waals surface area contributed by atoms with Crippen LogP contribution in [0.4, 0.5) is 5.69 Å². The monoisotopic (exact) mass is 342 g/mol. The lowest BCUT2D eigenvalue weighted by Crippen LogP contribution is -2.49. The van der Waals surface area contributed by atoms with Gasteiger partial charge in [-0.05, 0) is 44.0 Å². The summed E-state index contributed by atoms with van der Waals surface area (Å²) in [6, 6.07) is 11.7. The molecule has 0 aromatic heterocycles. The van der Waals surface area contributed by atoms with Gasteiger partial charge >= 0.3 is 0 Å². The Morgan fingerprint density at radius 2 is 1.54 bits per heavy atom. The van der Waals surface area contributed by atoms with Crippen molar-refractivity contribution in [1.82, 2.24) is 4.90 Å². The number of hydrogen-bond donors (Lipinski definition) is 0. The molecule has 1 saturated heterocycles. The highest BCUT2D eigenvalue weighted by molar-refractivity contribution is 6.33. The Morgan fingerprint density at radius 1 is 0.958 bits per heavy atom. The van der Waals surface area contributed by atoms with Crippen molar-refractivity contribution in [3.8, 4) is 0 Å². The third-order valence-electron chi connectivity index (χ3n) is 4.62. The molecule has 0 atom stereocenters. The van der Waals surface area contributed by atoms with E-state index >= 15 is 0 Å². The fraction of sp³-hybridized carbons (Fsp3) is 0.350. The van der Waals surface area contributed by atoms with Crippen LogP contribution in [0.5, 0.6) is 0 Å². The number of rotatable bonds is 2. The topological polar surface area (TPSA) is 23.6 Å². The molecule has 0 N–H and O–H groups in total. The minimum atomic E-state index is 0.0256. The quantitative estimate of drug-likeness (QED) is 0.815. The van der Waals surface area contributed by atoms with Crippen LogP contribution in [0.3, 0.4) is 0 Å². The first-order chi connectivity index (χ1) is 11.5. The van der Waals surface area contributed by atoms with E-state index in [1.165, 1.54) is 22.4 Å². The molecule has 3 nitrogen and oxygen atoms in total. The third kappa shape index (κ3) is 3.27. The maximum absolute atomic E-state index is 12.7. The highest BCUT2D eigenvalue weighted by Crippen LogP contribution is 2.27. The number of piperazine rings is 1. The van der Waals surface area contributed by atoms with Crippen LogP contribution in [-0.4, -0.2) is 37.0 Å². The standard InChI is InChI=1S/C20H23ClN2O/c1-14-12-15(2)19(16(3)13-14)22-8-10-23(11-9-22)20(24)17-6-4-5-7-18(17)21/h4-7,12-13H,8-11H2,1-3H3. The van der Waals surface area contributed by atoms with Gasteiger partial charge in [0.15, 0.2) is 0 Å². The molecule has 0 bridgehead atoms. The first-order valence-electron chi connectivity index (χ1n) is 8.34. The van der Waals surface area contributed by atoms with E-state index in [9.17, 15) is 4.79 Å². The maximum atomic E-state index is 12.7. The molecule has 1 fully saturated rings. The molecule has 0 radical (unpaired) electrons. The van der Waals surface area contributed by atoms with E-state index < -0.39 is 0 Å². The Balaban J connectivity index is 1.73. The van der Waals surface area contributed by atoms with Crippen molar-refractivity contribution in [2.45, 2.75) is 20.8 Å². The summed E-state index contributed by atoms with van der Waals surface area (Å²) in [7, 11) is 0. The van der Waals surface area contributed by atoms with E-state index in [1.54, 1.807) is 12.1 Å². The second-order valence-electron chi connectivity index (χ2n) is 6.51. The van der Waals surface area contributed by atoms with Crippen molar-refractivity contribution in [1.29, 1.82) is 0 Å². The summed E-state index contributed by atoms with van der Waals surface area (Å²) < 4.78 is 0. The molecule has 24 heavy (non-hydrogen) atoms. The Morgan fingerprint density at radius 3 is 2.12 bits per heavy atom.